The minimum atomic E-state index is -0.661. The van der Waals surface area contributed by atoms with E-state index in [0.29, 0.717) is 25.9 Å². The molecular weight excluding hydrogens is 911 g/mol. The lowest BCUT2D eigenvalue weighted by Gasteiger charge is -2.22. The van der Waals surface area contributed by atoms with Crippen LogP contribution in [0.5, 0.6) is 0 Å². The molecule has 0 aliphatic rings. The van der Waals surface area contributed by atoms with Crippen molar-refractivity contribution in [3.63, 3.8) is 0 Å². The fourth-order valence-corrected chi connectivity index (χ4v) is 10.3. The molecule has 0 aromatic carbocycles. The smallest absolute Gasteiger partial charge is 0.305 e. The summed E-state index contributed by atoms with van der Waals surface area (Å²) in [6.45, 7) is 4.94. The van der Waals surface area contributed by atoms with Crippen molar-refractivity contribution in [2.24, 2.45) is 0 Å². The third-order valence-electron chi connectivity index (χ3n) is 15.4. The third-order valence-corrected chi connectivity index (χ3v) is 15.4. The lowest BCUT2D eigenvalue weighted by molar-refractivity contribution is -0.143. The van der Waals surface area contributed by atoms with E-state index in [1.165, 1.54) is 276 Å². The Balaban J connectivity index is 3.36. The van der Waals surface area contributed by atoms with Gasteiger partial charge in [-0.2, -0.15) is 0 Å². The largest absolute Gasteiger partial charge is 0.466 e. The molecule has 0 aromatic rings. The molecule has 3 N–H and O–H groups in total. The van der Waals surface area contributed by atoms with Crippen LogP contribution in [0.3, 0.4) is 0 Å². The molecule has 0 aliphatic carbocycles. The number of aliphatic hydroxyl groups is 2. The van der Waals surface area contributed by atoms with E-state index in [9.17, 15) is 19.8 Å². The van der Waals surface area contributed by atoms with Crippen LogP contribution in [0.4, 0.5) is 0 Å². The van der Waals surface area contributed by atoms with Gasteiger partial charge >= 0.3 is 5.97 Å². The van der Waals surface area contributed by atoms with Crippen LogP contribution in [0.1, 0.15) is 361 Å². The number of ether oxygens (including phenoxy) is 1. The molecule has 436 valence electrons. The van der Waals surface area contributed by atoms with Gasteiger partial charge in [0.1, 0.15) is 0 Å². The van der Waals surface area contributed by atoms with Gasteiger partial charge in [0.15, 0.2) is 0 Å². The van der Waals surface area contributed by atoms with E-state index in [2.05, 4.69) is 55.6 Å². The van der Waals surface area contributed by atoms with E-state index in [1.54, 1.807) is 0 Å². The molecule has 1 amide bonds. The van der Waals surface area contributed by atoms with Crippen molar-refractivity contribution in [3.8, 4) is 0 Å². The zero-order valence-electron chi connectivity index (χ0n) is 49.8. The van der Waals surface area contributed by atoms with Crippen LogP contribution in [0.25, 0.3) is 0 Å². The van der Waals surface area contributed by atoms with Gasteiger partial charge in [0.05, 0.1) is 25.4 Å². The molecule has 2 atom stereocenters. The Hall–Kier alpha value is -1.92. The molecule has 2 unspecified atom stereocenters. The van der Waals surface area contributed by atoms with Crippen molar-refractivity contribution in [2.75, 3.05) is 13.2 Å². The summed E-state index contributed by atoms with van der Waals surface area (Å²) in [5, 5.41) is 23.2. The Morgan fingerprint density at radius 3 is 1.04 bits per heavy atom. The average molecular weight is 1040 g/mol. The molecule has 0 fully saturated rings. The number of nitrogens with one attached hydrogen (secondary N) is 1. The highest BCUT2D eigenvalue weighted by Crippen LogP contribution is 2.18. The van der Waals surface area contributed by atoms with Gasteiger partial charge in [-0.25, -0.2) is 0 Å². The van der Waals surface area contributed by atoms with Gasteiger partial charge in [-0.05, 0) is 83.5 Å². The number of amides is 1. The number of carbonyl (C=O) groups is 2. The van der Waals surface area contributed by atoms with Crippen molar-refractivity contribution in [3.05, 3.63) is 36.5 Å². The summed E-state index contributed by atoms with van der Waals surface area (Å²) in [6, 6.07) is -0.538. The van der Waals surface area contributed by atoms with Gasteiger partial charge in [-0.15, -0.1) is 0 Å². The van der Waals surface area contributed by atoms with Crippen molar-refractivity contribution in [1.82, 2.24) is 5.32 Å². The Morgan fingerprint density at radius 1 is 0.378 bits per heavy atom. The number of hydrogen-bond donors (Lipinski definition) is 3. The Labute approximate surface area is 462 Å². The normalized spacial score (nSPS) is 12.8. The fourth-order valence-electron chi connectivity index (χ4n) is 10.3. The molecule has 0 spiro atoms. The zero-order valence-corrected chi connectivity index (χ0v) is 49.8. The van der Waals surface area contributed by atoms with Crippen molar-refractivity contribution in [1.29, 1.82) is 0 Å². The summed E-state index contributed by atoms with van der Waals surface area (Å²) < 4.78 is 5.48. The SMILES string of the molecule is CCCCCCC/C=C\CCCCCCCC(=O)OCCCCCCCCCCC/C=C\C/C=C\CCCCCCCCCCCCCCCCCCCC(=O)NC(CO)C(O)CCCCCCCCCCCC. The topological polar surface area (TPSA) is 95.9 Å². The second-order valence-corrected chi connectivity index (χ2v) is 22.8. The quantitative estimate of drug-likeness (QED) is 0.0320. The minimum absolute atomic E-state index is 0.00566. The molecule has 0 aromatic heterocycles. The highest BCUT2D eigenvalue weighted by molar-refractivity contribution is 5.76. The van der Waals surface area contributed by atoms with Crippen LogP contribution in [0.15, 0.2) is 36.5 Å². The summed E-state index contributed by atoms with van der Waals surface area (Å²) in [4.78, 5) is 24.5. The molecule has 6 nitrogen and oxygen atoms in total. The van der Waals surface area contributed by atoms with E-state index in [4.69, 9.17) is 4.74 Å². The number of esters is 1. The lowest BCUT2D eigenvalue weighted by Crippen LogP contribution is -2.45. The maximum atomic E-state index is 12.4. The predicted molar refractivity (Wildman–Crippen MR) is 324 cm³/mol. The van der Waals surface area contributed by atoms with Crippen LogP contribution in [-0.4, -0.2) is 47.4 Å². The zero-order chi connectivity index (χ0) is 53.6. The van der Waals surface area contributed by atoms with E-state index in [-0.39, 0.29) is 18.5 Å². The fraction of sp³-hybridized carbons (Fsp3) is 0.882. The lowest BCUT2D eigenvalue weighted by atomic mass is 10.0. The Morgan fingerprint density at radius 2 is 0.676 bits per heavy atom. The van der Waals surface area contributed by atoms with Gasteiger partial charge in [-0.3, -0.25) is 9.59 Å². The Bertz CT molecular complexity index is 1200. The number of allylic oxidation sites excluding steroid dienone is 6. The molecule has 0 heterocycles. The molecule has 74 heavy (non-hydrogen) atoms. The highest BCUT2D eigenvalue weighted by atomic mass is 16.5. The van der Waals surface area contributed by atoms with Gasteiger partial charge in [0.2, 0.25) is 5.91 Å². The maximum absolute atomic E-state index is 12.4. The predicted octanol–water partition coefficient (Wildman–Crippen LogP) is 21.1. The second kappa shape index (κ2) is 63.6. The van der Waals surface area contributed by atoms with E-state index in [0.717, 1.165) is 51.4 Å². The molecule has 0 saturated carbocycles. The molecule has 0 saturated heterocycles. The van der Waals surface area contributed by atoms with Crippen LogP contribution >= 0.6 is 0 Å². The minimum Gasteiger partial charge on any atom is -0.466 e. The first-order valence-electron chi connectivity index (χ1n) is 33.2. The number of rotatable bonds is 62. The first-order chi connectivity index (χ1) is 36.5. The van der Waals surface area contributed by atoms with E-state index in [1.807, 2.05) is 0 Å². The van der Waals surface area contributed by atoms with Crippen molar-refractivity contribution < 1.29 is 24.5 Å². The van der Waals surface area contributed by atoms with Gasteiger partial charge in [0.25, 0.3) is 0 Å². The molecule has 0 radical (unpaired) electrons. The van der Waals surface area contributed by atoms with Crippen molar-refractivity contribution in [2.45, 2.75) is 373 Å². The van der Waals surface area contributed by atoms with Crippen LogP contribution in [0.2, 0.25) is 0 Å². The van der Waals surface area contributed by atoms with Crippen molar-refractivity contribution >= 4 is 11.9 Å². The molecule has 0 bridgehead atoms. The Kier molecular flexibility index (Phi) is 62.0. The number of aliphatic hydroxyl groups excluding tert-OH is 2. The standard InChI is InChI=1S/C68H129NO5/c1-3-5-7-9-11-13-15-16-39-42-46-50-54-58-62-68(73)74-63-59-55-51-47-43-40-37-35-33-31-29-27-25-23-21-19-17-18-20-22-24-26-28-30-32-34-36-38-41-45-49-53-57-61-67(72)69-65(64-70)66(71)60-56-52-48-44-14-12-10-8-6-4-2/h15-16,21,23,27,29,65-66,70-71H,3-14,17-20,22,24-26,28,30-64H2,1-2H3,(H,69,72)/b16-15-,23-21-,29-27-. The first-order valence-corrected chi connectivity index (χ1v) is 33.2. The number of carbonyl (C=O) groups excluding carboxylic acids is 2. The summed E-state index contributed by atoms with van der Waals surface area (Å²) in [5.74, 6) is -0.0280. The molecular formula is C68H129NO5. The molecule has 6 heteroatoms. The van der Waals surface area contributed by atoms with E-state index >= 15 is 0 Å². The van der Waals surface area contributed by atoms with Gasteiger partial charge in [-0.1, -0.05) is 301 Å². The van der Waals surface area contributed by atoms with E-state index < -0.39 is 12.1 Å². The second-order valence-electron chi connectivity index (χ2n) is 22.8. The average Bonchev–Trinajstić information content (AvgIpc) is 3.40. The highest BCUT2D eigenvalue weighted by Gasteiger charge is 2.20. The third kappa shape index (κ3) is 59.3. The van der Waals surface area contributed by atoms with Crippen LogP contribution < -0.4 is 5.32 Å². The van der Waals surface area contributed by atoms with Crippen LogP contribution in [-0.2, 0) is 14.3 Å². The summed E-state index contributed by atoms with van der Waals surface area (Å²) >= 11 is 0. The van der Waals surface area contributed by atoms with Gasteiger partial charge < -0.3 is 20.3 Å². The first kappa shape index (κ1) is 72.1. The maximum Gasteiger partial charge on any atom is 0.305 e. The monoisotopic (exact) mass is 1040 g/mol. The molecule has 0 aliphatic heterocycles. The summed E-state index contributed by atoms with van der Waals surface area (Å²) in [6.07, 6.45) is 80.5. The number of hydrogen-bond acceptors (Lipinski definition) is 5. The number of unbranched alkanes of at least 4 members (excludes halogenated alkanes) is 45. The summed E-state index contributed by atoms with van der Waals surface area (Å²) in [5.41, 5.74) is 0. The van der Waals surface area contributed by atoms with Gasteiger partial charge in [0, 0.05) is 12.8 Å². The summed E-state index contributed by atoms with van der Waals surface area (Å²) in [7, 11) is 0. The van der Waals surface area contributed by atoms with Crippen LogP contribution in [0, 0.1) is 0 Å². The molecule has 0 rings (SSSR count).